The maximum atomic E-state index is 9.29. The van der Waals surface area contributed by atoms with Gasteiger partial charge in [0.25, 0.3) is 0 Å². The van der Waals surface area contributed by atoms with Gasteiger partial charge in [-0.3, -0.25) is 9.97 Å². The van der Waals surface area contributed by atoms with Crippen LogP contribution in [0.5, 0.6) is 0 Å². The molecule has 0 saturated heterocycles. The summed E-state index contributed by atoms with van der Waals surface area (Å²) in [6.07, 6.45) is 5.30. The standard InChI is InChI=1S/C28H21N9/c1-16-9-20(7-8-30-16)34-21-12-25-28(32-15-21)37-27(36-25)19-4-6-26(31-14-19)35-24-10-17(2)33-23-5-3-18(13-29)11-22(23)24/h3-12,14-15H,1-2H3,(H,30,34)(H,31,33,35)(H,32,36,37). The molecule has 0 atom stereocenters. The summed E-state index contributed by atoms with van der Waals surface area (Å²) in [6, 6.07) is 19.3. The number of H-pyrrole nitrogens is 1. The Labute approximate surface area is 212 Å². The summed E-state index contributed by atoms with van der Waals surface area (Å²) in [7, 11) is 0. The molecule has 9 nitrogen and oxygen atoms in total. The summed E-state index contributed by atoms with van der Waals surface area (Å²) in [5, 5.41) is 16.9. The Balaban J connectivity index is 1.25. The van der Waals surface area contributed by atoms with Crippen LogP contribution in [0.15, 0.2) is 73.2 Å². The molecule has 3 N–H and O–H groups in total. The SMILES string of the molecule is Cc1cc(Nc2cnc3[nH]c(-c4ccc(Nc5cc(C)nc6ccc(C#N)cc56)nc4)nc3c2)ccn1. The molecule has 0 unspecified atom stereocenters. The second-order valence-corrected chi connectivity index (χ2v) is 8.70. The molecule has 5 aromatic heterocycles. The maximum absolute atomic E-state index is 9.29. The zero-order valence-corrected chi connectivity index (χ0v) is 20.1. The van der Waals surface area contributed by atoms with Gasteiger partial charge in [-0.25, -0.2) is 15.0 Å². The van der Waals surface area contributed by atoms with Crippen molar-refractivity contribution in [2.24, 2.45) is 0 Å². The second-order valence-electron chi connectivity index (χ2n) is 8.70. The van der Waals surface area contributed by atoms with Crippen molar-refractivity contribution in [1.29, 1.82) is 5.26 Å². The lowest BCUT2D eigenvalue weighted by molar-refractivity contribution is 1.20. The van der Waals surface area contributed by atoms with E-state index in [4.69, 9.17) is 4.98 Å². The van der Waals surface area contributed by atoms with E-state index in [1.54, 1.807) is 24.7 Å². The van der Waals surface area contributed by atoms with Crippen LogP contribution in [0.4, 0.5) is 22.9 Å². The number of nitrogens with one attached hydrogen (secondary N) is 3. The van der Waals surface area contributed by atoms with E-state index in [1.165, 1.54) is 0 Å². The summed E-state index contributed by atoms with van der Waals surface area (Å²) in [4.78, 5) is 25.9. The quantitative estimate of drug-likeness (QED) is 0.275. The Morgan fingerprint density at radius 2 is 1.70 bits per heavy atom. The van der Waals surface area contributed by atoms with E-state index in [9.17, 15) is 5.26 Å². The zero-order chi connectivity index (χ0) is 25.4. The molecule has 0 aliphatic carbocycles. The van der Waals surface area contributed by atoms with Crippen molar-refractivity contribution >= 4 is 44.9 Å². The third-order valence-electron chi connectivity index (χ3n) is 5.89. The minimum atomic E-state index is 0.581. The van der Waals surface area contributed by atoms with Gasteiger partial charge in [0.2, 0.25) is 0 Å². The Morgan fingerprint density at radius 1 is 0.784 bits per heavy atom. The molecular formula is C28H21N9. The average molecular weight is 484 g/mol. The van der Waals surface area contributed by atoms with Gasteiger partial charge in [0.05, 0.1) is 34.7 Å². The Bertz CT molecular complexity index is 1810. The topological polar surface area (TPSA) is 128 Å². The predicted molar refractivity (Wildman–Crippen MR) is 144 cm³/mol. The molecule has 0 fully saturated rings. The number of benzene rings is 1. The van der Waals surface area contributed by atoms with E-state index in [2.05, 4.69) is 41.6 Å². The molecule has 0 aliphatic heterocycles. The highest BCUT2D eigenvalue weighted by Crippen LogP contribution is 2.28. The molecule has 0 bridgehead atoms. The summed E-state index contributed by atoms with van der Waals surface area (Å²) in [5.41, 5.74) is 8.12. The van der Waals surface area contributed by atoms with Crippen molar-refractivity contribution in [2.45, 2.75) is 13.8 Å². The zero-order valence-electron chi connectivity index (χ0n) is 20.1. The molecule has 0 amide bonds. The van der Waals surface area contributed by atoms with Gasteiger partial charge in [-0.05, 0) is 68.4 Å². The molecule has 6 aromatic rings. The number of anilines is 4. The monoisotopic (exact) mass is 483 g/mol. The van der Waals surface area contributed by atoms with Gasteiger partial charge in [-0.1, -0.05) is 0 Å². The molecule has 0 aliphatic rings. The van der Waals surface area contributed by atoms with Crippen molar-refractivity contribution in [3.8, 4) is 17.5 Å². The van der Waals surface area contributed by atoms with Gasteiger partial charge in [-0.15, -0.1) is 0 Å². The van der Waals surface area contributed by atoms with Gasteiger partial charge in [-0.2, -0.15) is 5.26 Å². The smallest absolute Gasteiger partial charge is 0.157 e. The summed E-state index contributed by atoms with van der Waals surface area (Å²) in [5.74, 6) is 1.36. The molecule has 6 rings (SSSR count). The fourth-order valence-electron chi connectivity index (χ4n) is 4.17. The third-order valence-corrected chi connectivity index (χ3v) is 5.89. The van der Waals surface area contributed by atoms with E-state index in [0.29, 0.717) is 22.9 Å². The first-order valence-electron chi connectivity index (χ1n) is 11.6. The van der Waals surface area contributed by atoms with E-state index < -0.39 is 0 Å². The van der Waals surface area contributed by atoms with Crippen molar-refractivity contribution in [3.63, 3.8) is 0 Å². The van der Waals surface area contributed by atoms with Crippen molar-refractivity contribution in [2.75, 3.05) is 10.6 Å². The number of aromatic nitrogens is 6. The number of nitriles is 1. The highest BCUT2D eigenvalue weighted by atomic mass is 15.0. The molecule has 1 aromatic carbocycles. The van der Waals surface area contributed by atoms with Crippen LogP contribution in [-0.2, 0) is 0 Å². The first-order valence-corrected chi connectivity index (χ1v) is 11.6. The number of aromatic amines is 1. The number of hydrogen-bond donors (Lipinski definition) is 3. The van der Waals surface area contributed by atoms with Crippen LogP contribution >= 0.6 is 0 Å². The van der Waals surface area contributed by atoms with E-state index >= 15 is 0 Å². The van der Waals surface area contributed by atoms with E-state index in [0.717, 1.165) is 50.4 Å². The van der Waals surface area contributed by atoms with Crippen LogP contribution in [-0.4, -0.2) is 29.9 Å². The molecule has 5 heterocycles. The summed E-state index contributed by atoms with van der Waals surface area (Å²) >= 11 is 0. The first kappa shape index (κ1) is 22.1. The van der Waals surface area contributed by atoms with Crippen LogP contribution in [0, 0.1) is 25.2 Å². The van der Waals surface area contributed by atoms with Gasteiger partial charge in [0, 0.05) is 40.4 Å². The molecule has 9 heteroatoms. The minimum Gasteiger partial charge on any atom is -0.354 e. The number of hydrogen-bond acceptors (Lipinski definition) is 8. The molecular weight excluding hydrogens is 462 g/mol. The van der Waals surface area contributed by atoms with Gasteiger partial charge < -0.3 is 15.6 Å². The summed E-state index contributed by atoms with van der Waals surface area (Å²) < 4.78 is 0. The lowest BCUT2D eigenvalue weighted by atomic mass is 10.1. The number of pyridine rings is 4. The number of rotatable bonds is 5. The Hall–Kier alpha value is -5.36. The fourth-order valence-corrected chi connectivity index (χ4v) is 4.17. The first-order chi connectivity index (χ1) is 18.0. The van der Waals surface area contributed by atoms with Crippen LogP contribution in [0.1, 0.15) is 17.0 Å². The van der Waals surface area contributed by atoms with Crippen molar-refractivity contribution < 1.29 is 0 Å². The van der Waals surface area contributed by atoms with Crippen LogP contribution in [0.25, 0.3) is 33.5 Å². The Kier molecular flexibility index (Phi) is 5.39. The van der Waals surface area contributed by atoms with E-state index in [-0.39, 0.29) is 0 Å². The van der Waals surface area contributed by atoms with Crippen LogP contribution < -0.4 is 10.6 Å². The molecule has 178 valence electrons. The molecule has 0 saturated carbocycles. The van der Waals surface area contributed by atoms with Gasteiger partial charge >= 0.3 is 0 Å². The molecule has 37 heavy (non-hydrogen) atoms. The summed E-state index contributed by atoms with van der Waals surface area (Å²) in [6.45, 7) is 3.89. The number of aryl methyl sites for hydroxylation is 2. The lowest BCUT2D eigenvalue weighted by Gasteiger charge is -2.11. The average Bonchev–Trinajstić information content (AvgIpc) is 3.32. The van der Waals surface area contributed by atoms with E-state index in [1.807, 2.05) is 62.4 Å². The fraction of sp³-hybridized carbons (Fsp3) is 0.0714. The lowest BCUT2D eigenvalue weighted by Crippen LogP contribution is -1.97. The number of fused-ring (bicyclic) bond motifs is 2. The predicted octanol–water partition coefficient (Wildman–Crippen LogP) is 5.94. The van der Waals surface area contributed by atoms with Gasteiger partial charge in [0.15, 0.2) is 5.65 Å². The maximum Gasteiger partial charge on any atom is 0.157 e. The second kappa shape index (κ2) is 9.02. The normalized spacial score (nSPS) is 10.9. The number of nitrogens with zero attached hydrogens (tertiary/aromatic N) is 6. The van der Waals surface area contributed by atoms with Crippen molar-refractivity contribution in [1.82, 2.24) is 29.9 Å². The van der Waals surface area contributed by atoms with Crippen LogP contribution in [0.2, 0.25) is 0 Å². The largest absolute Gasteiger partial charge is 0.354 e. The highest BCUT2D eigenvalue weighted by Gasteiger charge is 2.10. The third kappa shape index (κ3) is 4.51. The van der Waals surface area contributed by atoms with Crippen LogP contribution in [0.3, 0.4) is 0 Å². The van der Waals surface area contributed by atoms with Gasteiger partial charge in [0.1, 0.15) is 17.2 Å². The highest BCUT2D eigenvalue weighted by molar-refractivity contribution is 5.94. The Morgan fingerprint density at radius 3 is 2.51 bits per heavy atom. The minimum absolute atomic E-state index is 0.581. The van der Waals surface area contributed by atoms with Crippen molar-refractivity contribution in [3.05, 3.63) is 90.1 Å². The number of imidazole rings is 1. The molecule has 0 radical (unpaired) electrons. The molecule has 0 spiro atoms.